The lowest BCUT2D eigenvalue weighted by molar-refractivity contribution is 0.00398. The Balaban J connectivity index is 1.62. The minimum absolute atomic E-state index is 0.0611. The molecule has 1 aliphatic heterocycles. The van der Waals surface area contributed by atoms with Gasteiger partial charge in [-0.2, -0.15) is 5.10 Å². The molecule has 1 fully saturated rings. The Bertz CT molecular complexity index is 1320. The van der Waals surface area contributed by atoms with Crippen molar-refractivity contribution < 1.29 is 9.13 Å². The van der Waals surface area contributed by atoms with Gasteiger partial charge in [0, 0.05) is 48.0 Å². The highest BCUT2D eigenvalue weighted by Gasteiger charge is 2.29. The molecule has 0 radical (unpaired) electrons. The number of aryl methyl sites for hydroxylation is 4. The van der Waals surface area contributed by atoms with Crippen LogP contribution in [-0.2, 0) is 11.8 Å². The van der Waals surface area contributed by atoms with E-state index in [1.807, 2.05) is 52.3 Å². The summed E-state index contributed by atoms with van der Waals surface area (Å²) in [5.74, 6) is 0.504. The lowest BCUT2D eigenvalue weighted by Gasteiger charge is -2.28. The van der Waals surface area contributed by atoms with E-state index in [2.05, 4.69) is 5.10 Å². The molecule has 3 aromatic heterocycles. The Morgan fingerprint density at radius 2 is 1.94 bits per heavy atom. The van der Waals surface area contributed by atoms with Gasteiger partial charge in [-0.1, -0.05) is 6.07 Å². The Morgan fingerprint density at radius 1 is 1.09 bits per heavy atom. The molecule has 5 rings (SSSR count). The minimum atomic E-state index is -0.283. The summed E-state index contributed by atoms with van der Waals surface area (Å²) in [4.78, 5) is 14.5. The van der Waals surface area contributed by atoms with Crippen LogP contribution in [0.25, 0.3) is 22.3 Å². The molecule has 1 aromatic carbocycles. The Kier molecular flexibility index (Phi) is 5.21. The second kappa shape index (κ2) is 8.06. The number of ether oxygens (including phenoxy) is 1. The van der Waals surface area contributed by atoms with Crippen LogP contribution in [0.1, 0.15) is 53.1 Å². The van der Waals surface area contributed by atoms with Crippen molar-refractivity contribution in [2.45, 2.75) is 45.6 Å². The van der Waals surface area contributed by atoms with Gasteiger partial charge in [0.05, 0.1) is 18.0 Å². The van der Waals surface area contributed by atoms with Gasteiger partial charge in [0.2, 0.25) is 0 Å². The first-order chi connectivity index (χ1) is 15.4. The van der Waals surface area contributed by atoms with Crippen molar-refractivity contribution in [2.24, 2.45) is 7.05 Å². The fourth-order valence-electron chi connectivity index (χ4n) is 4.33. The van der Waals surface area contributed by atoms with E-state index >= 15 is 0 Å². The van der Waals surface area contributed by atoms with Gasteiger partial charge in [-0.15, -0.1) is 0 Å². The van der Waals surface area contributed by atoms with Crippen LogP contribution < -0.4 is 0 Å². The van der Waals surface area contributed by atoms with E-state index in [4.69, 9.17) is 19.7 Å². The zero-order chi connectivity index (χ0) is 22.4. The molecular weight excluding hydrogens is 405 g/mol. The quantitative estimate of drug-likeness (QED) is 0.450. The molecule has 0 amide bonds. The van der Waals surface area contributed by atoms with Crippen LogP contribution in [0.15, 0.2) is 36.7 Å². The third kappa shape index (κ3) is 3.77. The van der Waals surface area contributed by atoms with E-state index in [1.165, 1.54) is 0 Å². The van der Waals surface area contributed by atoms with Crippen molar-refractivity contribution in [3.05, 3.63) is 70.7 Å². The SMILES string of the molecule is Cc1ccc(-c2nc([C@@H]3CCO[C@@H](c4cnn(C)c4)C3)nc3nc(C)c(C)cc23)c(F)c1. The van der Waals surface area contributed by atoms with Crippen LogP contribution >= 0.6 is 0 Å². The van der Waals surface area contributed by atoms with Gasteiger partial charge < -0.3 is 4.74 Å². The number of fused-ring (bicyclic) bond motifs is 1. The van der Waals surface area contributed by atoms with Gasteiger partial charge >= 0.3 is 0 Å². The van der Waals surface area contributed by atoms with Crippen LogP contribution in [0.5, 0.6) is 0 Å². The molecular formula is C25H26FN5O. The third-order valence-corrected chi connectivity index (χ3v) is 6.27. The summed E-state index contributed by atoms with van der Waals surface area (Å²) in [5, 5.41) is 5.05. The summed E-state index contributed by atoms with van der Waals surface area (Å²) in [6.07, 6.45) is 5.32. The fraction of sp³-hybridized carbons (Fsp3) is 0.360. The van der Waals surface area contributed by atoms with Gasteiger partial charge in [-0.05, 0) is 62.9 Å². The van der Waals surface area contributed by atoms with Crippen LogP contribution in [0.4, 0.5) is 4.39 Å². The molecule has 1 saturated heterocycles. The van der Waals surface area contributed by atoms with Crippen molar-refractivity contribution in [3.8, 4) is 11.3 Å². The maximum Gasteiger partial charge on any atom is 0.163 e. The lowest BCUT2D eigenvalue weighted by Crippen LogP contribution is -2.20. The summed E-state index contributed by atoms with van der Waals surface area (Å²) in [6.45, 7) is 6.46. The number of nitrogens with zero attached hydrogens (tertiary/aromatic N) is 5. The van der Waals surface area contributed by atoms with Gasteiger partial charge in [0.25, 0.3) is 0 Å². The Morgan fingerprint density at radius 3 is 2.69 bits per heavy atom. The first kappa shape index (κ1) is 20.7. The Labute approximate surface area is 186 Å². The number of hydrogen-bond donors (Lipinski definition) is 0. The molecule has 4 heterocycles. The second-order valence-electron chi connectivity index (χ2n) is 8.70. The summed E-state index contributed by atoms with van der Waals surface area (Å²) in [5.41, 5.74) is 5.55. The summed E-state index contributed by atoms with van der Waals surface area (Å²) >= 11 is 0. The average molecular weight is 432 g/mol. The number of halogens is 1. The van der Waals surface area contributed by atoms with E-state index in [1.54, 1.807) is 16.8 Å². The monoisotopic (exact) mass is 431 g/mol. The number of hydrogen-bond acceptors (Lipinski definition) is 5. The maximum absolute atomic E-state index is 15.0. The lowest BCUT2D eigenvalue weighted by atomic mass is 9.92. The minimum Gasteiger partial charge on any atom is -0.373 e. The molecule has 4 aromatic rings. The summed E-state index contributed by atoms with van der Waals surface area (Å²) < 4.78 is 22.8. The number of aromatic nitrogens is 5. The highest BCUT2D eigenvalue weighted by atomic mass is 19.1. The van der Waals surface area contributed by atoms with Gasteiger partial charge in [0.1, 0.15) is 11.6 Å². The van der Waals surface area contributed by atoms with Gasteiger partial charge in [0.15, 0.2) is 5.65 Å². The molecule has 0 saturated carbocycles. The summed E-state index contributed by atoms with van der Waals surface area (Å²) in [6, 6.07) is 7.27. The maximum atomic E-state index is 15.0. The van der Waals surface area contributed by atoms with Crippen molar-refractivity contribution in [1.82, 2.24) is 24.7 Å². The zero-order valence-electron chi connectivity index (χ0n) is 18.8. The van der Waals surface area contributed by atoms with Gasteiger partial charge in [-0.3, -0.25) is 4.68 Å². The fourth-order valence-corrected chi connectivity index (χ4v) is 4.33. The van der Waals surface area contributed by atoms with Crippen LogP contribution in [0.3, 0.4) is 0 Å². The molecule has 0 N–H and O–H groups in total. The molecule has 0 bridgehead atoms. The standard InChI is InChI=1S/C25H26FN5O/c1-14-5-6-19(21(26)9-14)23-20-10-15(2)16(3)28-25(20)30-24(29-23)17-7-8-32-22(11-17)18-12-27-31(4)13-18/h5-6,9-10,12-13,17,22H,7-8,11H2,1-4H3/t17-,22-/m1/s1. The molecule has 164 valence electrons. The summed E-state index contributed by atoms with van der Waals surface area (Å²) in [7, 11) is 1.90. The largest absolute Gasteiger partial charge is 0.373 e. The zero-order valence-corrected chi connectivity index (χ0v) is 18.8. The predicted molar refractivity (Wildman–Crippen MR) is 121 cm³/mol. The van der Waals surface area contributed by atoms with E-state index < -0.39 is 0 Å². The number of rotatable bonds is 3. The number of benzene rings is 1. The average Bonchev–Trinajstić information content (AvgIpc) is 3.21. The topological polar surface area (TPSA) is 65.7 Å². The first-order valence-electron chi connectivity index (χ1n) is 10.9. The smallest absolute Gasteiger partial charge is 0.163 e. The molecule has 2 atom stereocenters. The van der Waals surface area contributed by atoms with Gasteiger partial charge in [-0.25, -0.2) is 19.3 Å². The molecule has 1 aliphatic rings. The van der Waals surface area contributed by atoms with E-state index in [0.29, 0.717) is 29.3 Å². The highest BCUT2D eigenvalue weighted by Crippen LogP contribution is 2.38. The van der Waals surface area contributed by atoms with Crippen LogP contribution in [0, 0.1) is 26.6 Å². The first-order valence-corrected chi connectivity index (χ1v) is 10.9. The second-order valence-corrected chi connectivity index (χ2v) is 8.70. The molecule has 7 heteroatoms. The van der Waals surface area contributed by atoms with Crippen molar-refractivity contribution in [3.63, 3.8) is 0 Å². The van der Waals surface area contributed by atoms with E-state index in [9.17, 15) is 4.39 Å². The Hall–Kier alpha value is -3.19. The van der Waals surface area contributed by atoms with Crippen LogP contribution in [-0.4, -0.2) is 31.3 Å². The molecule has 0 aliphatic carbocycles. The highest BCUT2D eigenvalue weighted by molar-refractivity contribution is 5.91. The van der Waals surface area contributed by atoms with Crippen molar-refractivity contribution in [1.29, 1.82) is 0 Å². The van der Waals surface area contributed by atoms with E-state index in [-0.39, 0.29) is 17.8 Å². The molecule has 6 nitrogen and oxygen atoms in total. The number of pyridine rings is 1. The predicted octanol–water partition coefficient (Wildman–Crippen LogP) is 5.12. The molecule has 0 spiro atoms. The van der Waals surface area contributed by atoms with E-state index in [0.717, 1.165) is 40.6 Å². The molecule has 32 heavy (non-hydrogen) atoms. The normalized spacial score (nSPS) is 18.9. The molecule has 0 unspecified atom stereocenters. The van der Waals surface area contributed by atoms with Crippen LogP contribution in [0.2, 0.25) is 0 Å². The van der Waals surface area contributed by atoms with Crippen molar-refractivity contribution >= 4 is 11.0 Å². The van der Waals surface area contributed by atoms with Crippen molar-refractivity contribution in [2.75, 3.05) is 6.61 Å². The third-order valence-electron chi connectivity index (χ3n) is 6.27.